The first-order valence-electron chi connectivity index (χ1n) is 6.32. The summed E-state index contributed by atoms with van der Waals surface area (Å²) >= 11 is 5.96. The highest BCUT2D eigenvalue weighted by molar-refractivity contribution is 6.31. The highest BCUT2D eigenvalue weighted by atomic mass is 35.5. The van der Waals surface area contributed by atoms with Gasteiger partial charge in [0.05, 0.1) is 18.4 Å². The number of hydrogen-bond donors (Lipinski definition) is 3. The van der Waals surface area contributed by atoms with Gasteiger partial charge < -0.3 is 20.5 Å². The number of benzene rings is 2. The molecule has 0 radical (unpaired) electrons. The third kappa shape index (κ3) is 2.48. The second-order valence-corrected chi connectivity index (χ2v) is 5.11. The van der Waals surface area contributed by atoms with Crippen LogP contribution >= 0.6 is 11.6 Å². The summed E-state index contributed by atoms with van der Waals surface area (Å²) in [4.78, 5) is 12.1. The number of hydrogen-bond acceptors (Lipinski definition) is 4. The number of fused-ring (bicyclic) bond motifs is 1. The topological polar surface area (TPSA) is 70.6 Å². The van der Waals surface area contributed by atoms with E-state index >= 15 is 0 Å². The van der Waals surface area contributed by atoms with Crippen LogP contribution in [0.3, 0.4) is 0 Å². The van der Waals surface area contributed by atoms with E-state index in [1.165, 1.54) is 13.2 Å². The monoisotopic (exact) mass is 304 g/mol. The Labute approximate surface area is 126 Å². The summed E-state index contributed by atoms with van der Waals surface area (Å²) in [6.45, 7) is 0. The van der Waals surface area contributed by atoms with Gasteiger partial charge in [-0.15, -0.1) is 0 Å². The Bertz CT molecular complexity index is 718. The van der Waals surface area contributed by atoms with Crippen molar-refractivity contribution in [3.8, 4) is 11.5 Å². The molecule has 0 aliphatic carbocycles. The molecule has 21 heavy (non-hydrogen) atoms. The Hall–Kier alpha value is -2.40. The maximum absolute atomic E-state index is 12.1. The number of amides is 1. The second kappa shape index (κ2) is 5.18. The minimum Gasteiger partial charge on any atom is -0.504 e. The molecule has 0 spiro atoms. The molecular weight excluding hydrogens is 292 g/mol. The van der Waals surface area contributed by atoms with Gasteiger partial charge in [0.15, 0.2) is 11.5 Å². The second-order valence-electron chi connectivity index (χ2n) is 4.67. The first kappa shape index (κ1) is 13.6. The van der Waals surface area contributed by atoms with E-state index in [1.807, 2.05) is 0 Å². The van der Waals surface area contributed by atoms with E-state index in [0.29, 0.717) is 22.0 Å². The zero-order valence-corrected chi connectivity index (χ0v) is 11.9. The number of phenolic OH excluding ortho intramolecular Hbond substituents is 1. The van der Waals surface area contributed by atoms with E-state index in [0.717, 1.165) is 5.56 Å². The minimum atomic E-state index is -0.419. The normalized spacial score (nSPS) is 16.7. The molecule has 3 rings (SSSR count). The van der Waals surface area contributed by atoms with Crippen LogP contribution in [0, 0.1) is 0 Å². The third-order valence-electron chi connectivity index (χ3n) is 3.34. The lowest BCUT2D eigenvalue weighted by molar-refractivity contribution is 0.0935. The van der Waals surface area contributed by atoms with Crippen LogP contribution in [-0.2, 0) is 0 Å². The number of aromatic hydroxyl groups is 1. The Morgan fingerprint density at radius 2 is 2.00 bits per heavy atom. The van der Waals surface area contributed by atoms with Crippen molar-refractivity contribution >= 4 is 23.2 Å². The Morgan fingerprint density at radius 3 is 2.76 bits per heavy atom. The maximum Gasteiger partial charge on any atom is 0.255 e. The van der Waals surface area contributed by atoms with E-state index in [9.17, 15) is 9.90 Å². The van der Waals surface area contributed by atoms with Gasteiger partial charge in [-0.05, 0) is 35.9 Å². The number of carbonyl (C=O) groups is 1. The van der Waals surface area contributed by atoms with Crippen molar-refractivity contribution in [2.45, 2.75) is 6.17 Å². The van der Waals surface area contributed by atoms with Gasteiger partial charge in [0.2, 0.25) is 0 Å². The highest BCUT2D eigenvalue weighted by Crippen LogP contribution is 2.33. The van der Waals surface area contributed by atoms with E-state index in [2.05, 4.69) is 10.6 Å². The van der Waals surface area contributed by atoms with Gasteiger partial charge in [0, 0.05) is 5.02 Å². The quantitative estimate of drug-likeness (QED) is 0.798. The van der Waals surface area contributed by atoms with Gasteiger partial charge in [-0.3, -0.25) is 4.79 Å². The first-order chi connectivity index (χ1) is 10.1. The lowest BCUT2D eigenvalue weighted by atomic mass is 10.1. The Morgan fingerprint density at radius 1 is 1.19 bits per heavy atom. The number of nitrogens with one attached hydrogen (secondary N) is 2. The van der Waals surface area contributed by atoms with Crippen molar-refractivity contribution in [2.75, 3.05) is 12.4 Å². The van der Waals surface area contributed by atoms with Crippen molar-refractivity contribution in [3.63, 3.8) is 0 Å². The molecule has 1 atom stereocenters. The fourth-order valence-electron chi connectivity index (χ4n) is 2.27. The number of ether oxygens (including phenoxy) is 1. The number of anilines is 1. The Balaban J connectivity index is 1.97. The summed E-state index contributed by atoms with van der Waals surface area (Å²) in [5.41, 5.74) is 1.98. The van der Waals surface area contributed by atoms with Gasteiger partial charge in [-0.25, -0.2) is 0 Å². The molecule has 0 saturated heterocycles. The summed E-state index contributed by atoms with van der Waals surface area (Å²) in [7, 11) is 1.47. The molecule has 3 N–H and O–H groups in total. The van der Waals surface area contributed by atoms with E-state index in [4.69, 9.17) is 16.3 Å². The molecule has 1 amide bonds. The van der Waals surface area contributed by atoms with Crippen LogP contribution in [0.2, 0.25) is 5.02 Å². The molecule has 1 heterocycles. The molecule has 108 valence electrons. The average Bonchev–Trinajstić information content (AvgIpc) is 2.47. The van der Waals surface area contributed by atoms with E-state index in [-0.39, 0.29) is 11.7 Å². The molecule has 0 aromatic heterocycles. The van der Waals surface area contributed by atoms with Gasteiger partial charge in [0.25, 0.3) is 5.91 Å². The van der Waals surface area contributed by atoms with Gasteiger partial charge in [0.1, 0.15) is 6.17 Å². The zero-order chi connectivity index (χ0) is 15.0. The zero-order valence-electron chi connectivity index (χ0n) is 11.2. The molecule has 0 bridgehead atoms. The largest absolute Gasteiger partial charge is 0.504 e. The molecular formula is C15H13ClN2O3. The number of rotatable bonds is 2. The summed E-state index contributed by atoms with van der Waals surface area (Å²) in [6, 6.07) is 9.96. The van der Waals surface area contributed by atoms with Crippen molar-refractivity contribution < 1.29 is 14.6 Å². The molecule has 0 unspecified atom stereocenters. The summed E-state index contributed by atoms with van der Waals surface area (Å²) in [6.07, 6.45) is -0.419. The predicted octanol–water partition coefficient (Wildman–Crippen LogP) is 2.91. The smallest absolute Gasteiger partial charge is 0.255 e. The first-order valence-corrected chi connectivity index (χ1v) is 6.70. The van der Waals surface area contributed by atoms with Crippen molar-refractivity contribution in [3.05, 3.63) is 52.5 Å². The molecule has 6 heteroatoms. The van der Waals surface area contributed by atoms with Crippen LogP contribution in [0.4, 0.5) is 5.69 Å². The highest BCUT2D eigenvalue weighted by Gasteiger charge is 2.25. The molecule has 2 aromatic carbocycles. The van der Waals surface area contributed by atoms with Crippen LogP contribution in [0.5, 0.6) is 11.5 Å². The summed E-state index contributed by atoms with van der Waals surface area (Å²) < 4.78 is 5.08. The fraction of sp³-hybridized carbons (Fsp3) is 0.133. The van der Waals surface area contributed by atoms with Gasteiger partial charge in [-0.2, -0.15) is 0 Å². The molecule has 1 aliphatic heterocycles. The van der Waals surface area contributed by atoms with Gasteiger partial charge >= 0.3 is 0 Å². The number of phenols is 1. The standard InChI is InChI=1S/C15H13ClN2O3/c1-21-13-6-8(2-5-12(13)19)14-17-11-7-9(16)3-4-10(11)15(20)18-14/h2-7,14,17,19H,1H3,(H,18,20)/t14-/m1/s1. The molecule has 1 aliphatic rings. The van der Waals surface area contributed by atoms with E-state index < -0.39 is 6.17 Å². The van der Waals surface area contributed by atoms with Crippen LogP contribution in [0.15, 0.2) is 36.4 Å². The summed E-state index contributed by atoms with van der Waals surface area (Å²) in [5.74, 6) is 0.213. The third-order valence-corrected chi connectivity index (χ3v) is 3.57. The number of carbonyl (C=O) groups excluding carboxylic acids is 1. The average molecular weight is 305 g/mol. The number of methoxy groups -OCH3 is 1. The minimum absolute atomic E-state index is 0.0480. The molecule has 5 nitrogen and oxygen atoms in total. The van der Waals surface area contributed by atoms with Crippen molar-refractivity contribution in [1.29, 1.82) is 0 Å². The van der Waals surface area contributed by atoms with Crippen molar-refractivity contribution in [1.82, 2.24) is 5.32 Å². The Kier molecular flexibility index (Phi) is 3.35. The predicted molar refractivity (Wildman–Crippen MR) is 79.9 cm³/mol. The SMILES string of the molecule is COc1cc([C@H]2NC(=O)c3ccc(Cl)cc3N2)ccc1O. The lowest BCUT2D eigenvalue weighted by Gasteiger charge is -2.28. The van der Waals surface area contributed by atoms with E-state index in [1.54, 1.807) is 30.3 Å². The maximum atomic E-state index is 12.1. The van der Waals surface area contributed by atoms with Gasteiger partial charge in [-0.1, -0.05) is 17.7 Å². The molecule has 0 fully saturated rings. The lowest BCUT2D eigenvalue weighted by Crippen LogP contribution is -2.38. The van der Waals surface area contributed by atoms with Crippen LogP contribution < -0.4 is 15.4 Å². The van der Waals surface area contributed by atoms with Crippen LogP contribution in [0.25, 0.3) is 0 Å². The fourth-order valence-corrected chi connectivity index (χ4v) is 2.45. The number of halogens is 1. The van der Waals surface area contributed by atoms with Crippen LogP contribution in [0.1, 0.15) is 22.1 Å². The van der Waals surface area contributed by atoms with Crippen LogP contribution in [-0.4, -0.2) is 18.1 Å². The molecule has 0 saturated carbocycles. The molecule has 2 aromatic rings. The summed E-state index contributed by atoms with van der Waals surface area (Å²) in [5, 5.41) is 16.2. The van der Waals surface area contributed by atoms with Crippen molar-refractivity contribution in [2.24, 2.45) is 0 Å².